The fourth-order valence-electron chi connectivity index (χ4n) is 25.5. The molecule has 70 heavy (non-hydrogen) atoms. The van der Waals surface area contributed by atoms with Crippen molar-refractivity contribution < 1.29 is 0 Å². The zero-order valence-corrected chi connectivity index (χ0v) is 47.7. The SMILES string of the molecule is CCCC1CCCC(N(C2CCC3C4CCCCC4C(C)(C)C3C2)C2CCC3C4CCC(N(C5CCCC(CCC)C5)C5CCC6C7CCCCC7C(C)(C)C6C5)CC4C(C)(C4CCCCC4)C3C2)C1. The summed E-state index contributed by atoms with van der Waals surface area (Å²) in [5.41, 5.74) is 1.67. The summed E-state index contributed by atoms with van der Waals surface area (Å²) >= 11 is 0. The third-order valence-electron chi connectivity index (χ3n) is 28.1. The molecule has 0 bridgehead atoms. The van der Waals surface area contributed by atoms with E-state index in [2.05, 4.69) is 58.3 Å². The van der Waals surface area contributed by atoms with Gasteiger partial charge in [-0.15, -0.1) is 0 Å². The Morgan fingerprint density at radius 1 is 0.300 bits per heavy atom. The lowest BCUT2D eigenvalue weighted by atomic mass is 9.56. The Balaban J connectivity index is 0.845. The zero-order chi connectivity index (χ0) is 47.9. The number of hydrogen-bond donors (Lipinski definition) is 0. The monoisotopic (exact) mass is 961 g/mol. The number of rotatable bonds is 11. The fourth-order valence-corrected chi connectivity index (χ4v) is 25.5. The van der Waals surface area contributed by atoms with Gasteiger partial charge < -0.3 is 0 Å². The van der Waals surface area contributed by atoms with Crippen molar-refractivity contribution in [2.24, 2.45) is 105 Å². The topological polar surface area (TPSA) is 6.48 Å². The van der Waals surface area contributed by atoms with Crippen LogP contribution in [0.1, 0.15) is 286 Å². The van der Waals surface area contributed by atoms with Crippen LogP contribution in [0.4, 0.5) is 0 Å². The third-order valence-corrected chi connectivity index (χ3v) is 28.1. The van der Waals surface area contributed by atoms with E-state index in [1.165, 1.54) is 109 Å². The molecule has 0 heterocycles. The number of nitrogens with zero attached hydrogens (tertiary/aromatic N) is 2. The minimum Gasteiger partial charge on any atom is -0.294 e. The van der Waals surface area contributed by atoms with E-state index >= 15 is 0 Å². The fraction of sp³-hybridized carbons (Fsp3) is 1.00. The Morgan fingerprint density at radius 3 is 1.06 bits per heavy atom. The van der Waals surface area contributed by atoms with Gasteiger partial charge >= 0.3 is 0 Å². The average molecular weight is 962 g/mol. The van der Waals surface area contributed by atoms with E-state index in [-0.39, 0.29) is 0 Å². The smallest absolute Gasteiger partial charge is 0.0104 e. The second-order valence-corrected chi connectivity index (χ2v) is 31.2. The van der Waals surface area contributed by atoms with Crippen LogP contribution < -0.4 is 0 Å². The van der Waals surface area contributed by atoms with Crippen molar-refractivity contribution in [3.63, 3.8) is 0 Å². The van der Waals surface area contributed by atoms with Crippen molar-refractivity contribution in [2.45, 2.75) is 322 Å². The first-order chi connectivity index (χ1) is 34.0. The molecule has 398 valence electrons. The lowest BCUT2D eigenvalue weighted by Crippen LogP contribution is -2.56. The molecule has 20 atom stereocenters. The predicted octanol–water partition coefficient (Wildman–Crippen LogP) is 18.7. The molecule has 0 aliphatic heterocycles. The van der Waals surface area contributed by atoms with Gasteiger partial charge in [0.25, 0.3) is 0 Å². The van der Waals surface area contributed by atoms with Gasteiger partial charge in [0.15, 0.2) is 0 Å². The lowest BCUT2D eigenvalue weighted by Gasteiger charge is -2.55. The van der Waals surface area contributed by atoms with Gasteiger partial charge in [-0.2, -0.15) is 0 Å². The molecule has 12 aliphatic rings. The minimum atomic E-state index is 0.555. The number of hydrogen-bond acceptors (Lipinski definition) is 2. The van der Waals surface area contributed by atoms with Gasteiger partial charge in [0.05, 0.1) is 0 Å². The third kappa shape index (κ3) is 8.80. The Hall–Kier alpha value is -0.0800. The van der Waals surface area contributed by atoms with Crippen LogP contribution in [0, 0.1) is 105 Å². The number of fused-ring (bicyclic) bond motifs is 9. The van der Waals surface area contributed by atoms with Crippen LogP contribution in [0.25, 0.3) is 0 Å². The Labute approximate surface area is 435 Å². The van der Waals surface area contributed by atoms with Crippen LogP contribution in [0.15, 0.2) is 0 Å². The predicted molar refractivity (Wildman–Crippen MR) is 297 cm³/mol. The maximum Gasteiger partial charge on any atom is 0.0104 e. The van der Waals surface area contributed by atoms with Crippen molar-refractivity contribution in [2.75, 3.05) is 0 Å². The Bertz CT molecular complexity index is 1610. The normalized spacial score (nSPS) is 50.2. The molecular weight excluding hydrogens is 845 g/mol. The molecule has 0 aromatic heterocycles. The second-order valence-electron chi connectivity index (χ2n) is 31.2. The summed E-state index contributed by atoms with van der Waals surface area (Å²) in [5, 5.41) is 0. The van der Waals surface area contributed by atoms with Crippen molar-refractivity contribution in [3.05, 3.63) is 0 Å². The Kier molecular flexibility index (Phi) is 15.0. The second kappa shape index (κ2) is 20.7. The van der Waals surface area contributed by atoms with E-state index in [0.29, 0.717) is 16.2 Å². The van der Waals surface area contributed by atoms with Crippen LogP contribution >= 0.6 is 0 Å². The maximum atomic E-state index is 3.51. The molecule has 12 aliphatic carbocycles. The first-order valence-corrected chi connectivity index (χ1v) is 33.5. The van der Waals surface area contributed by atoms with Crippen LogP contribution in [-0.4, -0.2) is 46.1 Å². The summed E-state index contributed by atoms with van der Waals surface area (Å²) in [5.74, 6) is 15.2. The van der Waals surface area contributed by atoms with Gasteiger partial charge in [0.1, 0.15) is 0 Å². The van der Waals surface area contributed by atoms with Gasteiger partial charge in [-0.25, -0.2) is 0 Å². The molecule has 0 saturated heterocycles. The zero-order valence-electron chi connectivity index (χ0n) is 47.7. The van der Waals surface area contributed by atoms with E-state index in [0.717, 1.165) is 125 Å². The summed E-state index contributed by atoms with van der Waals surface area (Å²) < 4.78 is 0. The van der Waals surface area contributed by atoms with Crippen molar-refractivity contribution in [1.82, 2.24) is 9.80 Å². The lowest BCUT2D eigenvalue weighted by molar-refractivity contribution is -0.0612. The van der Waals surface area contributed by atoms with Crippen molar-refractivity contribution in [3.8, 4) is 0 Å². The van der Waals surface area contributed by atoms with E-state index < -0.39 is 0 Å². The van der Waals surface area contributed by atoms with E-state index in [9.17, 15) is 0 Å². The molecule has 12 saturated carbocycles. The highest BCUT2D eigenvalue weighted by molar-refractivity contribution is 5.15. The largest absolute Gasteiger partial charge is 0.294 e. The van der Waals surface area contributed by atoms with Gasteiger partial charge in [-0.05, 0) is 246 Å². The highest BCUT2D eigenvalue weighted by atomic mass is 15.2. The van der Waals surface area contributed by atoms with Crippen LogP contribution in [0.3, 0.4) is 0 Å². The summed E-state index contributed by atoms with van der Waals surface area (Å²) in [6.45, 7) is 19.2. The molecular formula is C68H116N2. The van der Waals surface area contributed by atoms with E-state index in [1.54, 1.807) is 128 Å². The molecule has 12 fully saturated rings. The Morgan fingerprint density at radius 2 is 0.643 bits per heavy atom. The summed E-state index contributed by atoms with van der Waals surface area (Å²) in [4.78, 5) is 7.01. The highest BCUT2D eigenvalue weighted by Gasteiger charge is 2.65. The van der Waals surface area contributed by atoms with Crippen molar-refractivity contribution >= 4 is 0 Å². The minimum absolute atomic E-state index is 0.555. The van der Waals surface area contributed by atoms with E-state index in [1.807, 2.05) is 0 Å². The average Bonchev–Trinajstić information content (AvgIpc) is 3.88. The standard InChI is InChI=1S/C68H116N2/c1-8-19-45-21-17-25-48(39-45)69(50-31-35-56-54-27-13-15-29-60(54)66(3,4)62(56)41-50)52-33-37-58-59-38-34-53(44-65(59)68(7,64(58)43-52)47-23-11-10-12-24-47)70(49-26-18-22-46(40-49)20-9-2)51-32-36-57-55-28-14-16-30-61(55)67(5,6)63(57)42-51/h45-65H,8-44H2,1-7H3. The van der Waals surface area contributed by atoms with Gasteiger partial charge in [-0.3, -0.25) is 9.80 Å². The quantitative estimate of drug-likeness (QED) is 0.204. The van der Waals surface area contributed by atoms with E-state index in [4.69, 9.17) is 0 Å². The molecule has 0 aromatic rings. The molecule has 2 nitrogen and oxygen atoms in total. The van der Waals surface area contributed by atoms with Gasteiger partial charge in [0.2, 0.25) is 0 Å². The van der Waals surface area contributed by atoms with Crippen molar-refractivity contribution in [1.29, 1.82) is 0 Å². The summed E-state index contributed by atoms with van der Waals surface area (Å²) in [6.07, 6.45) is 56.9. The van der Waals surface area contributed by atoms with Crippen LogP contribution in [0.2, 0.25) is 0 Å². The maximum absolute atomic E-state index is 3.51. The first-order valence-electron chi connectivity index (χ1n) is 33.5. The first kappa shape index (κ1) is 50.7. The highest BCUT2D eigenvalue weighted by Crippen LogP contribution is 2.70. The molecule has 0 N–H and O–H groups in total. The van der Waals surface area contributed by atoms with Crippen LogP contribution in [-0.2, 0) is 0 Å². The molecule has 0 aromatic carbocycles. The molecule has 20 unspecified atom stereocenters. The molecule has 0 spiro atoms. The van der Waals surface area contributed by atoms with Crippen LogP contribution in [0.5, 0.6) is 0 Å². The molecule has 2 heteroatoms. The van der Waals surface area contributed by atoms with Gasteiger partial charge in [-0.1, -0.05) is 145 Å². The molecule has 0 radical (unpaired) electrons. The van der Waals surface area contributed by atoms with Gasteiger partial charge in [0, 0.05) is 36.3 Å². The summed E-state index contributed by atoms with van der Waals surface area (Å²) in [7, 11) is 0. The molecule has 0 amide bonds. The molecule has 12 rings (SSSR count). The summed E-state index contributed by atoms with van der Waals surface area (Å²) in [6, 6.07) is 5.21.